The summed E-state index contributed by atoms with van der Waals surface area (Å²) in [4.78, 5) is 20.0. The van der Waals surface area contributed by atoms with Crippen molar-refractivity contribution >= 4 is 11.9 Å². The lowest BCUT2D eigenvalue weighted by atomic mass is 9.79. The third-order valence-electron chi connectivity index (χ3n) is 3.66. The highest BCUT2D eigenvalue weighted by Gasteiger charge is 2.32. The number of amides is 1. The summed E-state index contributed by atoms with van der Waals surface area (Å²) in [5.74, 6) is 0.363. The maximum Gasteiger partial charge on any atom is 0.229 e. The van der Waals surface area contributed by atoms with Gasteiger partial charge in [-0.2, -0.15) is 0 Å². The molecular weight excluding hydrogens is 228 g/mol. The van der Waals surface area contributed by atoms with E-state index in [4.69, 9.17) is 0 Å². The smallest absolute Gasteiger partial charge is 0.229 e. The Hall–Kier alpha value is -1.49. The van der Waals surface area contributed by atoms with Crippen molar-refractivity contribution in [2.24, 2.45) is 0 Å². The van der Waals surface area contributed by atoms with Crippen molar-refractivity contribution in [3.05, 3.63) is 18.5 Å². The Bertz CT molecular complexity index is 387. The number of nitrogens with zero attached hydrogens (tertiary/aromatic N) is 2. The zero-order chi connectivity index (χ0) is 12.8. The topological polar surface area (TPSA) is 66.9 Å². The van der Waals surface area contributed by atoms with Crippen LogP contribution >= 0.6 is 0 Å². The highest BCUT2D eigenvalue weighted by atomic mass is 16.1. The predicted molar refractivity (Wildman–Crippen MR) is 70.2 cm³/mol. The summed E-state index contributed by atoms with van der Waals surface area (Å²) in [6, 6.07) is 1.73. The van der Waals surface area contributed by atoms with Crippen molar-refractivity contribution in [3.8, 4) is 0 Å². The van der Waals surface area contributed by atoms with Crippen molar-refractivity contribution < 1.29 is 4.79 Å². The van der Waals surface area contributed by atoms with Gasteiger partial charge >= 0.3 is 0 Å². The van der Waals surface area contributed by atoms with Gasteiger partial charge in [0, 0.05) is 24.4 Å². The van der Waals surface area contributed by atoms with Crippen LogP contribution in [0.25, 0.3) is 0 Å². The van der Waals surface area contributed by atoms with Crippen LogP contribution < -0.4 is 10.6 Å². The van der Waals surface area contributed by atoms with Crippen molar-refractivity contribution in [3.63, 3.8) is 0 Å². The van der Waals surface area contributed by atoms with Gasteiger partial charge < -0.3 is 5.32 Å². The molecule has 0 saturated heterocycles. The number of anilines is 1. The molecule has 5 heteroatoms. The molecule has 0 aliphatic heterocycles. The van der Waals surface area contributed by atoms with Gasteiger partial charge in [0.15, 0.2) is 0 Å². The first-order chi connectivity index (χ1) is 8.74. The molecule has 0 radical (unpaired) electrons. The van der Waals surface area contributed by atoms with Crippen molar-refractivity contribution in [1.29, 1.82) is 0 Å². The fraction of sp³-hybridized carbons (Fsp3) is 0.615. The number of hydrogen-bond donors (Lipinski definition) is 2. The zero-order valence-electron chi connectivity index (χ0n) is 10.8. The van der Waals surface area contributed by atoms with Crippen LogP contribution in [-0.2, 0) is 4.79 Å². The van der Waals surface area contributed by atoms with Crippen LogP contribution in [0.3, 0.4) is 0 Å². The molecule has 18 heavy (non-hydrogen) atoms. The number of nitrogens with one attached hydrogen (secondary N) is 2. The molecule has 1 fully saturated rings. The predicted octanol–water partition coefficient (Wildman–Crippen LogP) is 1.73. The van der Waals surface area contributed by atoms with Crippen LogP contribution in [0.5, 0.6) is 0 Å². The van der Waals surface area contributed by atoms with Gasteiger partial charge in [-0.1, -0.05) is 19.3 Å². The highest BCUT2D eigenvalue weighted by molar-refractivity contribution is 5.89. The standard InChI is InChI=1S/C13H20N4O/c1-14-13(6-3-2-4-7-13)10-11(18)17-12-15-8-5-9-16-12/h5,8-9,14H,2-4,6-7,10H2,1H3,(H,15,16,17,18). The summed E-state index contributed by atoms with van der Waals surface area (Å²) < 4.78 is 0. The van der Waals surface area contributed by atoms with Crippen LogP contribution in [0, 0.1) is 0 Å². The van der Waals surface area contributed by atoms with E-state index in [0.717, 1.165) is 12.8 Å². The van der Waals surface area contributed by atoms with Gasteiger partial charge in [-0.25, -0.2) is 9.97 Å². The van der Waals surface area contributed by atoms with Gasteiger partial charge in [0.05, 0.1) is 0 Å². The molecule has 1 saturated carbocycles. The maximum absolute atomic E-state index is 12.0. The lowest BCUT2D eigenvalue weighted by Crippen LogP contribution is -2.47. The van der Waals surface area contributed by atoms with E-state index in [1.54, 1.807) is 18.5 Å². The Morgan fingerprint density at radius 2 is 1.94 bits per heavy atom. The fourth-order valence-corrected chi connectivity index (χ4v) is 2.58. The number of aromatic nitrogens is 2. The molecule has 0 atom stereocenters. The Kier molecular flexibility index (Phi) is 4.25. The second-order valence-electron chi connectivity index (χ2n) is 4.89. The van der Waals surface area contributed by atoms with E-state index < -0.39 is 0 Å². The van der Waals surface area contributed by atoms with Gasteiger partial charge in [0.25, 0.3) is 0 Å². The lowest BCUT2D eigenvalue weighted by Gasteiger charge is -2.36. The number of carbonyl (C=O) groups is 1. The fourth-order valence-electron chi connectivity index (χ4n) is 2.58. The molecular formula is C13H20N4O. The summed E-state index contributed by atoms with van der Waals surface area (Å²) in [5, 5.41) is 6.08. The normalized spacial score (nSPS) is 18.3. The quantitative estimate of drug-likeness (QED) is 0.851. The van der Waals surface area contributed by atoms with Gasteiger partial charge in [-0.15, -0.1) is 0 Å². The van der Waals surface area contributed by atoms with Crippen LogP contribution in [0.15, 0.2) is 18.5 Å². The highest BCUT2D eigenvalue weighted by Crippen LogP contribution is 2.30. The summed E-state index contributed by atoms with van der Waals surface area (Å²) in [5.41, 5.74) is -0.0445. The average Bonchev–Trinajstić information content (AvgIpc) is 2.41. The third-order valence-corrected chi connectivity index (χ3v) is 3.66. The van der Waals surface area contributed by atoms with Gasteiger partial charge in [0.1, 0.15) is 0 Å². The Morgan fingerprint density at radius 1 is 1.28 bits per heavy atom. The van der Waals surface area contributed by atoms with E-state index in [-0.39, 0.29) is 11.4 Å². The molecule has 1 aromatic heterocycles. The monoisotopic (exact) mass is 248 g/mol. The van der Waals surface area contributed by atoms with E-state index in [1.807, 2.05) is 7.05 Å². The summed E-state index contributed by atoms with van der Waals surface area (Å²) >= 11 is 0. The minimum atomic E-state index is -0.0445. The zero-order valence-corrected chi connectivity index (χ0v) is 10.8. The van der Waals surface area contributed by atoms with Crippen LogP contribution in [0.1, 0.15) is 38.5 Å². The Labute approximate surface area is 107 Å². The second kappa shape index (κ2) is 5.91. The maximum atomic E-state index is 12.0. The molecule has 0 aromatic carbocycles. The molecule has 1 heterocycles. The molecule has 2 rings (SSSR count). The molecule has 0 spiro atoms. The minimum absolute atomic E-state index is 0.0162. The van der Waals surface area contributed by atoms with Gasteiger partial charge in [-0.3, -0.25) is 10.1 Å². The molecule has 1 aromatic rings. The molecule has 0 bridgehead atoms. The second-order valence-corrected chi connectivity index (χ2v) is 4.89. The SMILES string of the molecule is CNC1(CC(=O)Nc2ncccn2)CCCCC1. The first-order valence-corrected chi connectivity index (χ1v) is 6.50. The van der Waals surface area contributed by atoms with Crippen LogP contribution in [0.2, 0.25) is 0 Å². The summed E-state index contributed by atoms with van der Waals surface area (Å²) in [6.45, 7) is 0. The average molecular weight is 248 g/mol. The Balaban J connectivity index is 1.93. The molecule has 0 unspecified atom stereocenters. The number of hydrogen-bond acceptors (Lipinski definition) is 4. The minimum Gasteiger partial charge on any atom is -0.314 e. The summed E-state index contributed by atoms with van der Waals surface area (Å²) in [7, 11) is 1.94. The van der Waals surface area contributed by atoms with E-state index in [1.165, 1.54) is 19.3 Å². The Morgan fingerprint density at radius 3 is 2.56 bits per heavy atom. The van der Waals surface area contributed by atoms with Crippen molar-refractivity contribution in [2.45, 2.75) is 44.1 Å². The van der Waals surface area contributed by atoms with Crippen LogP contribution in [0.4, 0.5) is 5.95 Å². The molecule has 2 N–H and O–H groups in total. The largest absolute Gasteiger partial charge is 0.314 e. The molecule has 1 aliphatic carbocycles. The van der Waals surface area contributed by atoms with Crippen molar-refractivity contribution in [2.75, 3.05) is 12.4 Å². The molecule has 98 valence electrons. The number of carbonyl (C=O) groups excluding carboxylic acids is 1. The van der Waals surface area contributed by atoms with Gasteiger partial charge in [0.2, 0.25) is 11.9 Å². The third kappa shape index (κ3) is 3.26. The molecule has 1 amide bonds. The first-order valence-electron chi connectivity index (χ1n) is 6.50. The van der Waals surface area contributed by atoms with Gasteiger partial charge in [-0.05, 0) is 26.0 Å². The molecule has 5 nitrogen and oxygen atoms in total. The van der Waals surface area contributed by atoms with E-state index in [2.05, 4.69) is 20.6 Å². The van der Waals surface area contributed by atoms with E-state index >= 15 is 0 Å². The van der Waals surface area contributed by atoms with Crippen molar-refractivity contribution in [1.82, 2.24) is 15.3 Å². The number of rotatable bonds is 4. The first kappa shape index (κ1) is 13.0. The van der Waals surface area contributed by atoms with E-state index in [0.29, 0.717) is 12.4 Å². The lowest BCUT2D eigenvalue weighted by molar-refractivity contribution is -0.118. The molecule has 1 aliphatic rings. The van der Waals surface area contributed by atoms with E-state index in [9.17, 15) is 4.79 Å². The van der Waals surface area contributed by atoms with Crippen LogP contribution in [-0.4, -0.2) is 28.5 Å². The summed E-state index contributed by atoms with van der Waals surface area (Å²) in [6.07, 6.45) is 9.51.